The van der Waals surface area contributed by atoms with Crippen LogP contribution < -0.4 is 10.1 Å². The fourth-order valence-corrected chi connectivity index (χ4v) is 3.49. The average Bonchev–Trinajstić information content (AvgIpc) is 2.96. The van der Waals surface area contributed by atoms with Gasteiger partial charge in [-0.05, 0) is 43.7 Å². The van der Waals surface area contributed by atoms with Crippen LogP contribution in [0.4, 0.5) is 10.5 Å². The molecule has 0 unspecified atom stereocenters. The largest absolute Gasteiger partial charge is 0.478 e. The van der Waals surface area contributed by atoms with E-state index >= 15 is 0 Å². The van der Waals surface area contributed by atoms with Gasteiger partial charge in [0.2, 0.25) is 0 Å². The Labute approximate surface area is 148 Å². The van der Waals surface area contributed by atoms with E-state index in [1.54, 1.807) is 25.0 Å². The van der Waals surface area contributed by atoms with Crippen molar-refractivity contribution in [3.8, 4) is 5.88 Å². The van der Waals surface area contributed by atoms with Gasteiger partial charge in [-0.1, -0.05) is 23.8 Å². The number of hydrogen-bond donors (Lipinski definition) is 1. The van der Waals surface area contributed by atoms with Gasteiger partial charge in [0.15, 0.2) is 0 Å². The van der Waals surface area contributed by atoms with Crippen molar-refractivity contribution < 1.29 is 9.53 Å². The Morgan fingerprint density at radius 1 is 1.28 bits per heavy atom. The molecule has 2 aromatic rings. The van der Waals surface area contributed by atoms with Gasteiger partial charge in [0.1, 0.15) is 5.69 Å². The maximum atomic E-state index is 12.5. The fraction of sp³-hybridized carbons (Fsp3) is 0.474. The standard InChI is InChI=1S/C19H26N4O2/c1-13-5-6-14(2)16(11-13)15-7-9-23(10-8-15)19(24)20-17-12-22(3)21-18(17)25-4/h5-6,11-12,15H,7-10H2,1-4H3,(H,20,24). The lowest BCUT2D eigenvalue weighted by molar-refractivity contribution is 0.194. The summed E-state index contributed by atoms with van der Waals surface area (Å²) < 4.78 is 6.81. The number of methoxy groups -OCH3 is 1. The average molecular weight is 342 g/mol. The lowest BCUT2D eigenvalue weighted by Crippen LogP contribution is -2.40. The van der Waals surface area contributed by atoms with Crippen LogP contribution in [0, 0.1) is 13.8 Å². The number of benzene rings is 1. The summed E-state index contributed by atoms with van der Waals surface area (Å²) in [5, 5.41) is 7.06. The number of piperidine rings is 1. The van der Waals surface area contributed by atoms with E-state index in [0.717, 1.165) is 25.9 Å². The number of hydrogen-bond acceptors (Lipinski definition) is 3. The number of likely N-dealkylation sites (tertiary alicyclic amines) is 1. The first-order valence-electron chi connectivity index (χ1n) is 8.68. The molecule has 0 saturated carbocycles. The van der Waals surface area contributed by atoms with Gasteiger partial charge in [-0.2, -0.15) is 0 Å². The van der Waals surface area contributed by atoms with E-state index in [-0.39, 0.29) is 6.03 Å². The Hall–Kier alpha value is -2.50. The molecule has 0 bridgehead atoms. The van der Waals surface area contributed by atoms with Crippen molar-refractivity contribution in [2.24, 2.45) is 7.05 Å². The van der Waals surface area contributed by atoms with Crippen molar-refractivity contribution in [2.75, 3.05) is 25.5 Å². The van der Waals surface area contributed by atoms with Gasteiger partial charge in [0.25, 0.3) is 5.88 Å². The minimum Gasteiger partial charge on any atom is -0.478 e. The quantitative estimate of drug-likeness (QED) is 0.929. The first-order valence-corrected chi connectivity index (χ1v) is 8.68. The van der Waals surface area contributed by atoms with Crippen LogP contribution in [0.25, 0.3) is 0 Å². The summed E-state index contributed by atoms with van der Waals surface area (Å²) in [5.74, 6) is 0.956. The van der Waals surface area contributed by atoms with Crippen molar-refractivity contribution >= 4 is 11.7 Å². The van der Waals surface area contributed by atoms with Crippen molar-refractivity contribution in [2.45, 2.75) is 32.6 Å². The molecule has 1 aliphatic heterocycles. The van der Waals surface area contributed by atoms with Gasteiger partial charge in [-0.25, -0.2) is 4.79 Å². The zero-order valence-corrected chi connectivity index (χ0v) is 15.4. The number of amides is 2. The number of carbonyl (C=O) groups is 1. The monoisotopic (exact) mass is 342 g/mol. The SMILES string of the molecule is COc1nn(C)cc1NC(=O)N1CCC(c2cc(C)ccc2C)CC1. The summed E-state index contributed by atoms with van der Waals surface area (Å²) in [6.07, 6.45) is 3.73. The highest BCUT2D eigenvalue weighted by atomic mass is 16.5. The smallest absolute Gasteiger partial charge is 0.322 e. The van der Waals surface area contributed by atoms with Crippen molar-refractivity contribution in [3.63, 3.8) is 0 Å². The van der Waals surface area contributed by atoms with E-state index in [0.29, 0.717) is 17.5 Å². The third-order valence-corrected chi connectivity index (χ3v) is 4.89. The van der Waals surface area contributed by atoms with Crippen LogP contribution in [0.15, 0.2) is 24.4 Å². The van der Waals surface area contributed by atoms with Crippen LogP contribution in [0.2, 0.25) is 0 Å². The minimum absolute atomic E-state index is 0.0919. The minimum atomic E-state index is -0.0919. The molecule has 1 saturated heterocycles. The van der Waals surface area contributed by atoms with E-state index in [4.69, 9.17) is 4.74 Å². The third kappa shape index (κ3) is 3.78. The Kier molecular flexibility index (Phi) is 4.97. The molecule has 1 fully saturated rings. The first kappa shape index (κ1) is 17.3. The number of urea groups is 1. The summed E-state index contributed by atoms with van der Waals surface area (Å²) in [5.41, 5.74) is 4.67. The highest BCUT2D eigenvalue weighted by Crippen LogP contribution is 2.31. The van der Waals surface area contributed by atoms with Gasteiger partial charge in [0, 0.05) is 20.1 Å². The second-order valence-electron chi connectivity index (χ2n) is 6.78. The summed E-state index contributed by atoms with van der Waals surface area (Å²) in [4.78, 5) is 14.4. The van der Waals surface area contributed by atoms with E-state index in [9.17, 15) is 4.79 Å². The summed E-state index contributed by atoms with van der Waals surface area (Å²) in [6, 6.07) is 6.54. The zero-order chi connectivity index (χ0) is 18.0. The van der Waals surface area contributed by atoms with E-state index in [1.165, 1.54) is 16.7 Å². The zero-order valence-electron chi connectivity index (χ0n) is 15.4. The van der Waals surface area contributed by atoms with Gasteiger partial charge in [-0.15, -0.1) is 5.10 Å². The number of nitrogens with one attached hydrogen (secondary N) is 1. The molecule has 0 aliphatic carbocycles. The second-order valence-corrected chi connectivity index (χ2v) is 6.78. The van der Waals surface area contributed by atoms with Gasteiger partial charge < -0.3 is 15.0 Å². The molecule has 1 aromatic heterocycles. The number of aryl methyl sites for hydroxylation is 3. The number of ether oxygens (including phenoxy) is 1. The van der Waals surface area contributed by atoms with E-state index < -0.39 is 0 Å². The van der Waals surface area contributed by atoms with Crippen LogP contribution >= 0.6 is 0 Å². The third-order valence-electron chi connectivity index (χ3n) is 4.89. The molecular weight excluding hydrogens is 316 g/mol. The molecule has 25 heavy (non-hydrogen) atoms. The van der Waals surface area contributed by atoms with E-state index in [1.807, 2.05) is 4.90 Å². The number of nitrogens with zero attached hydrogens (tertiary/aromatic N) is 3. The fourth-order valence-electron chi connectivity index (χ4n) is 3.49. The maximum Gasteiger partial charge on any atom is 0.322 e. The Morgan fingerprint density at radius 3 is 2.68 bits per heavy atom. The Bertz CT molecular complexity index is 761. The first-order chi connectivity index (χ1) is 12.0. The van der Waals surface area contributed by atoms with Crippen LogP contribution in [0.1, 0.15) is 35.4 Å². The van der Waals surface area contributed by atoms with Crippen LogP contribution in [0.3, 0.4) is 0 Å². The lowest BCUT2D eigenvalue weighted by Gasteiger charge is -2.33. The van der Waals surface area contributed by atoms with Crippen LogP contribution in [0.5, 0.6) is 5.88 Å². The predicted octanol–water partition coefficient (Wildman–Crippen LogP) is 3.46. The molecule has 3 rings (SSSR count). The molecule has 2 heterocycles. The van der Waals surface area contributed by atoms with Crippen LogP contribution in [-0.2, 0) is 7.05 Å². The number of aromatic nitrogens is 2. The Balaban J connectivity index is 1.62. The van der Waals surface area contributed by atoms with E-state index in [2.05, 4.69) is 42.5 Å². The predicted molar refractivity (Wildman–Crippen MR) is 98.2 cm³/mol. The molecule has 2 amide bonds. The molecule has 6 heteroatoms. The maximum absolute atomic E-state index is 12.5. The molecule has 0 spiro atoms. The molecule has 1 N–H and O–H groups in total. The normalized spacial score (nSPS) is 15.3. The molecule has 6 nitrogen and oxygen atoms in total. The number of rotatable bonds is 3. The van der Waals surface area contributed by atoms with Gasteiger partial charge in [-0.3, -0.25) is 4.68 Å². The second kappa shape index (κ2) is 7.17. The summed E-state index contributed by atoms with van der Waals surface area (Å²) >= 11 is 0. The highest BCUT2D eigenvalue weighted by Gasteiger charge is 2.25. The summed E-state index contributed by atoms with van der Waals surface area (Å²) in [7, 11) is 3.35. The topological polar surface area (TPSA) is 59.4 Å². The molecular formula is C19H26N4O2. The summed E-state index contributed by atoms with van der Waals surface area (Å²) in [6.45, 7) is 5.81. The van der Waals surface area contributed by atoms with Crippen molar-refractivity contribution in [1.82, 2.24) is 14.7 Å². The van der Waals surface area contributed by atoms with Gasteiger partial charge in [0.05, 0.1) is 13.3 Å². The van der Waals surface area contributed by atoms with Crippen LogP contribution in [-0.4, -0.2) is 40.9 Å². The molecule has 134 valence electrons. The molecule has 0 atom stereocenters. The lowest BCUT2D eigenvalue weighted by atomic mass is 9.86. The molecule has 1 aliphatic rings. The van der Waals surface area contributed by atoms with Crippen molar-refractivity contribution in [1.29, 1.82) is 0 Å². The molecule has 0 radical (unpaired) electrons. The molecule has 1 aromatic carbocycles. The Morgan fingerprint density at radius 2 is 2.00 bits per heavy atom. The number of anilines is 1. The number of carbonyl (C=O) groups excluding carboxylic acids is 1. The van der Waals surface area contributed by atoms with Crippen molar-refractivity contribution in [3.05, 3.63) is 41.1 Å². The van der Waals surface area contributed by atoms with Gasteiger partial charge >= 0.3 is 6.03 Å². The highest BCUT2D eigenvalue weighted by molar-refractivity contribution is 5.90.